The molecule has 2 amide bonds. The predicted octanol–water partition coefficient (Wildman–Crippen LogP) is 1.37. The number of rotatable bonds is 10. The van der Waals surface area contributed by atoms with Crippen LogP contribution in [0.5, 0.6) is 0 Å². The molecule has 1 heterocycles. The first-order valence-electron chi connectivity index (χ1n) is 12.5. The lowest BCUT2D eigenvalue weighted by Gasteiger charge is -2.19. The number of ketones is 2. The van der Waals surface area contributed by atoms with Gasteiger partial charge in [-0.1, -0.05) is 11.8 Å². The molecular formula is C29H33N3O6. The van der Waals surface area contributed by atoms with Crippen LogP contribution in [0.2, 0.25) is 0 Å². The monoisotopic (exact) mass is 519 g/mol. The van der Waals surface area contributed by atoms with E-state index in [1.807, 2.05) is 0 Å². The average Bonchev–Trinajstić information content (AvgIpc) is 3.31. The second kappa shape index (κ2) is 13.6. The molecule has 1 aliphatic rings. The third-order valence-corrected chi connectivity index (χ3v) is 6.25. The maximum Gasteiger partial charge on any atom is 0.251 e. The van der Waals surface area contributed by atoms with Gasteiger partial charge in [0.1, 0.15) is 18.4 Å². The SMILES string of the molecule is CC(=O)C[C@@H]1CCN(CC(=O)Nc2ccc(C#Cc3ccc(C(=O)N[C@H](C(=O)CO)[C@@H](C)O)cc3)cc2)C1. The van der Waals surface area contributed by atoms with Gasteiger partial charge in [0.2, 0.25) is 5.91 Å². The largest absolute Gasteiger partial charge is 0.391 e. The Morgan fingerprint density at radius 2 is 1.63 bits per heavy atom. The molecule has 1 aliphatic heterocycles. The lowest BCUT2D eigenvalue weighted by Crippen LogP contribution is -2.48. The van der Waals surface area contributed by atoms with Crippen LogP contribution in [0.3, 0.4) is 0 Å². The van der Waals surface area contributed by atoms with Crippen LogP contribution in [0.1, 0.15) is 48.2 Å². The molecule has 0 aliphatic carbocycles. The number of Topliss-reactive ketones (excluding diaryl/α,β-unsaturated/α-hetero) is 2. The summed E-state index contributed by atoms with van der Waals surface area (Å²) >= 11 is 0. The topological polar surface area (TPSA) is 136 Å². The third kappa shape index (κ3) is 8.63. The predicted molar refractivity (Wildman–Crippen MR) is 142 cm³/mol. The molecular weight excluding hydrogens is 486 g/mol. The summed E-state index contributed by atoms with van der Waals surface area (Å²) in [5.74, 6) is 5.24. The van der Waals surface area contributed by atoms with Crippen LogP contribution in [-0.4, -0.2) is 76.9 Å². The smallest absolute Gasteiger partial charge is 0.251 e. The fourth-order valence-electron chi connectivity index (χ4n) is 4.31. The zero-order valence-electron chi connectivity index (χ0n) is 21.6. The molecule has 2 aromatic carbocycles. The number of nitrogens with one attached hydrogen (secondary N) is 2. The molecule has 38 heavy (non-hydrogen) atoms. The van der Waals surface area contributed by atoms with E-state index < -0.39 is 30.4 Å². The second-order valence-electron chi connectivity index (χ2n) is 9.56. The molecule has 0 radical (unpaired) electrons. The van der Waals surface area contributed by atoms with Crippen molar-refractivity contribution in [3.8, 4) is 11.8 Å². The van der Waals surface area contributed by atoms with Crippen LogP contribution in [0.25, 0.3) is 0 Å². The van der Waals surface area contributed by atoms with Crippen LogP contribution in [0, 0.1) is 17.8 Å². The third-order valence-electron chi connectivity index (χ3n) is 6.25. The lowest BCUT2D eigenvalue weighted by molar-refractivity contribution is -0.126. The number of likely N-dealkylation sites (tertiary alicyclic amines) is 1. The molecule has 200 valence electrons. The number of benzene rings is 2. The van der Waals surface area contributed by atoms with E-state index in [1.54, 1.807) is 55.5 Å². The van der Waals surface area contributed by atoms with Crippen LogP contribution in [0.4, 0.5) is 5.69 Å². The normalized spacial score (nSPS) is 16.6. The Morgan fingerprint density at radius 3 is 2.18 bits per heavy atom. The van der Waals surface area contributed by atoms with Gasteiger partial charge < -0.3 is 25.6 Å². The van der Waals surface area contributed by atoms with Crippen LogP contribution < -0.4 is 10.6 Å². The number of nitrogens with zero attached hydrogens (tertiary/aromatic N) is 1. The van der Waals surface area contributed by atoms with Crippen molar-refractivity contribution in [2.24, 2.45) is 5.92 Å². The van der Waals surface area contributed by atoms with Gasteiger partial charge in [0, 0.05) is 35.3 Å². The highest BCUT2D eigenvalue weighted by atomic mass is 16.3. The van der Waals surface area contributed by atoms with Gasteiger partial charge in [-0.05, 0) is 81.3 Å². The van der Waals surface area contributed by atoms with Gasteiger partial charge in [-0.3, -0.25) is 19.3 Å². The minimum atomic E-state index is -1.19. The highest BCUT2D eigenvalue weighted by Crippen LogP contribution is 2.19. The summed E-state index contributed by atoms with van der Waals surface area (Å²) < 4.78 is 0. The summed E-state index contributed by atoms with van der Waals surface area (Å²) in [5.41, 5.74) is 2.38. The molecule has 0 aromatic heterocycles. The van der Waals surface area contributed by atoms with Gasteiger partial charge in [0.05, 0.1) is 12.6 Å². The number of aliphatic hydroxyl groups excluding tert-OH is 2. The first-order valence-corrected chi connectivity index (χ1v) is 12.5. The van der Waals surface area contributed by atoms with Crippen molar-refractivity contribution in [1.29, 1.82) is 0 Å². The lowest BCUT2D eigenvalue weighted by atomic mass is 10.0. The maximum atomic E-state index is 12.4. The Bertz CT molecular complexity index is 1210. The first-order chi connectivity index (χ1) is 18.1. The first kappa shape index (κ1) is 28.7. The van der Waals surface area contributed by atoms with E-state index in [2.05, 4.69) is 27.4 Å². The molecule has 0 unspecified atom stereocenters. The molecule has 3 rings (SSSR count). The van der Waals surface area contributed by atoms with Crippen LogP contribution in [0.15, 0.2) is 48.5 Å². The van der Waals surface area contributed by atoms with E-state index in [1.165, 1.54) is 6.92 Å². The average molecular weight is 520 g/mol. The molecule has 0 saturated carbocycles. The van der Waals surface area contributed by atoms with Gasteiger partial charge in [-0.15, -0.1) is 0 Å². The zero-order chi connectivity index (χ0) is 27.7. The summed E-state index contributed by atoms with van der Waals surface area (Å²) in [6.07, 6.45) is 0.364. The van der Waals surface area contributed by atoms with E-state index in [0.29, 0.717) is 30.1 Å². The Kier molecular flexibility index (Phi) is 10.3. The quantitative estimate of drug-likeness (QED) is 0.348. The number of anilines is 1. The number of carbonyl (C=O) groups excluding carboxylic acids is 4. The molecule has 1 saturated heterocycles. The highest BCUT2D eigenvalue weighted by molar-refractivity contribution is 5.98. The summed E-state index contributed by atoms with van der Waals surface area (Å²) in [4.78, 5) is 49.8. The van der Waals surface area contributed by atoms with Gasteiger partial charge in [0.15, 0.2) is 5.78 Å². The van der Waals surface area contributed by atoms with E-state index in [9.17, 15) is 24.3 Å². The Balaban J connectivity index is 1.51. The Hall–Kier alpha value is -3.84. The molecule has 0 spiro atoms. The van der Waals surface area contributed by atoms with Gasteiger partial charge in [-0.25, -0.2) is 0 Å². The van der Waals surface area contributed by atoms with Crippen LogP contribution in [-0.2, 0) is 14.4 Å². The molecule has 9 nitrogen and oxygen atoms in total. The molecule has 1 fully saturated rings. The van der Waals surface area contributed by atoms with Crippen molar-refractivity contribution in [2.45, 2.75) is 38.8 Å². The highest BCUT2D eigenvalue weighted by Gasteiger charge is 2.26. The zero-order valence-corrected chi connectivity index (χ0v) is 21.6. The van der Waals surface area contributed by atoms with E-state index in [0.717, 1.165) is 25.1 Å². The van der Waals surface area contributed by atoms with Crippen molar-refractivity contribution in [1.82, 2.24) is 10.2 Å². The van der Waals surface area contributed by atoms with E-state index >= 15 is 0 Å². The second-order valence-corrected chi connectivity index (χ2v) is 9.56. The summed E-state index contributed by atoms with van der Waals surface area (Å²) in [6.45, 7) is 4.06. The molecule has 4 N–H and O–H groups in total. The summed E-state index contributed by atoms with van der Waals surface area (Å²) in [6, 6.07) is 12.4. The van der Waals surface area contributed by atoms with Crippen molar-refractivity contribution >= 4 is 29.1 Å². The molecule has 9 heteroatoms. The summed E-state index contributed by atoms with van der Waals surface area (Å²) in [7, 11) is 0. The minimum Gasteiger partial charge on any atom is -0.391 e. The van der Waals surface area contributed by atoms with Gasteiger partial charge >= 0.3 is 0 Å². The van der Waals surface area contributed by atoms with Crippen molar-refractivity contribution in [3.63, 3.8) is 0 Å². The summed E-state index contributed by atoms with van der Waals surface area (Å²) in [5, 5.41) is 24.0. The number of carbonyl (C=O) groups is 4. The Labute approximate surface area is 222 Å². The number of amides is 2. The number of hydrogen-bond donors (Lipinski definition) is 4. The molecule has 0 bridgehead atoms. The van der Waals surface area contributed by atoms with Crippen molar-refractivity contribution in [3.05, 3.63) is 65.2 Å². The van der Waals surface area contributed by atoms with Gasteiger partial charge in [0.25, 0.3) is 5.91 Å². The minimum absolute atomic E-state index is 0.100. The van der Waals surface area contributed by atoms with Gasteiger partial charge in [-0.2, -0.15) is 0 Å². The van der Waals surface area contributed by atoms with E-state index in [4.69, 9.17) is 5.11 Å². The maximum absolute atomic E-state index is 12.4. The van der Waals surface area contributed by atoms with Crippen molar-refractivity contribution < 1.29 is 29.4 Å². The Morgan fingerprint density at radius 1 is 1.03 bits per heavy atom. The standard InChI is InChI=1S/C29H33N3O6/c1-19(34)15-23-13-14-32(16-23)17-27(37)30-25-11-7-22(8-12-25)4-3-21-5-9-24(10-6-21)29(38)31-28(20(2)35)26(36)18-33/h5-12,20,23,28,33,35H,13-18H2,1-2H3,(H,30,37)(H,31,38)/t20-,23+,28+/m1/s1. The number of hydrogen-bond acceptors (Lipinski definition) is 7. The fraction of sp³-hybridized carbons (Fsp3) is 0.379. The van der Waals surface area contributed by atoms with Crippen molar-refractivity contribution in [2.75, 3.05) is 31.6 Å². The number of aliphatic hydroxyl groups is 2. The fourth-order valence-corrected chi connectivity index (χ4v) is 4.31. The van der Waals surface area contributed by atoms with E-state index in [-0.39, 0.29) is 17.3 Å². The van der Waals surface area contributed by atoms with Crippen LogP contribution >= 0.6 is 0 Å². The molecule has 3 atom stereocenters. The molecule has 2 aromatic rings.